The van der Waals surface area contributed by atoms with Crippen molar-refractivity contribution >= 4 is 5.91 Å². The van der Waals surface area contributed by atoms with Crippen molar-refractivity contribution in [2.45, 2.75) is 244 Å². The summed E-state index contributed by atoms with van der Waals surface area (Å²) in [7, 11) is 0. The number of unbranched alkanes of at least 4 members (excludes halogenated alkanes) is 25. The SMILES string of the molecule is CCCCCCCCC/C=C/CC/C=C/CCCC(O)C(O)C(CO)NC(=O)C(O)CCCCCCCC/C=C\CCCCCCCCCCCC. The highest BCUT2D eigenvalue weighted by Gasteiger charge is 2.28. The third-order valence-corrected chi connectivity index (χ3v) is 10.3. The molecule has 0 radical (unpaired) electrons. The summed E-state index contributed by atoms with van der Waals surface area (Å²) in [6.07, 6.45) is 47.4. The van der Waals surface area contributed by atoms with E-state index in [1.54, 1.807) is 0 Å². The average molecular weight is 734 g/mol. The molecule has 0 aliphatic heterocycles. The van der Waals surface area contributed by atoms with Crippen LogP contribution in [-0.4, -0.2) is 57.3 Å². The summed E-state index contributed by atoms with van der Waals surface area (Å²) >= 11 is 0. The van der Waals surface area contributed by atoms with E-state index in [1.807, 2.05) is 0 Å². The minimum atomic E-state index is -1.29. The Morgan fingerprint density at radius 3 is 1.21 bits per heavy atom. The number of rotatable bonds is 40. The molecule has 52 heavy (non-hydrogen) atoms. The van der Waals surface area contributed by atoms with Crippen molar-refractivity contribution in [3.63, 3.8) is 0 Å². The summed E-state index contributed by atoms with van der Waals surface area (Å²) in [6, 6.07) is -1.01. The van der Waals surface area contributed by atoms with Crippen molar-refractivity contribution < 1.29 is 25.2 Å². The summed E-state index contributed by atoms with van der Waals surface area (Å²) in [5.41, 5.74) is 0. The van der Waals surface area contributed by atoms with E-state index in [0.29, 0.717) is 19.3 Å². The van der Waals surface area contributed by atoms with E-state index >= 15 is 0 Å². The van der Waals surface area contributed by atoms with Crippen LogP contribution < -0.4 is 5.32 Å². The van der Waals surface area contributed by atoms with Crippen molar-refractivity contribution in [2.75, 3.05) is 6.61 Å². The standard InChI is InChI=1S/C46H87NO5/c1-3-5-7-9-11-13-15-17-19-21-22-23-24-26-28-30-32-34-36-38-40-44(50)46(52)47-42(41-48)45(51)43(49)39-37-35-33-31-29-27-25-20-18-16-14-12-10-8-6-4-2/h20,23-25,31,33,42-45,48-51H,3-19,21-22,26-30,32,34-41H2,1-2H3,(H,47,52)/b24-23-,25-20+,33-31+. The quantitative estimate of drug-likeness (QED) is 0.0318. The smallest absolute Gasteiger partial charge is 0.249 e. The summed E-state index contributed by atoms with van der Waals surface area (Å²) < 4.78 is 0. The van der Waals surface area contributed by atoms with Gasteiger partial charge in [0.05, 0.1) is 18.8 Å². The maximum atomic E-state index is 12.5. The Morgan fingerprint density at radius 2 is 0.808 bits per heavy atom. The van der Waals surface area contributed by atoms with E-state index < -0.39 is 36.9 Å². The van der Waals surface area contributed by atoms with Gasteiger partial charge in [0, 0.05) is 0 Å². The lowest BCUT2D eigenvalue weighted by molar-refractivity contribution is -0.132. The van der Waals surface area contributed by atoms with Gasteiger partial charge in [-0.3, -0.25) is 4.79 Å². The molecule has 6 heteroatoms. The predicted octanol–water partition coefficient (Wildman–Crippen LogP) is 11.7. The van der Waals surface area contributed by atoms with Gasteiger partial charge in [-0.25, -0.2) is 0 Å². The van der Waals surface area contributed by atoms with Crippen LogP contribution in [0.4, 0.5) is 0 Å². The molecule has 0 aromatic heterocycles. The molecule has 0 fully saturated rings. The van der Waals surface area contributed by atoms with E-state index in [0.717, 1.165) is 51.4 Å². The third-order valence-electron chi connectivity index (χ3n) is 10.3. The van der Waals surface area contributed by atoms with Gasteiger partial charge in [-0.1, -0.05) is 179 Å². The normalized spacial score (nSPS) is 14.5. The van der Waals surface area contributed by atoms with E-state index in [1.165, 1.54) is 135 Å². The highest BCUT2D eigenvalue weighted by Crippen LogP contribution is 2.15. The van der Waals surface area contributed by atoms with Crippen LogP contribution >= 0.6 is 0 Å². The second kappa shape index (κ2) is 40.7. The van der Waals surface area contributed by atoms with E-state index in [2.05, 4.69) is 55.6 Å². The van der Waals surface area contributed by atoms with Crippen molar-refractivity contribution in [3.8, 4) is 0 Å². The lowest BCUT2D eigenvalue weighted by atomic mass is 10.00. The monoisotopic (exact) mass is 734 g/mol. The molecule has 0 spiro atoms. The molecule has 306 valence electrons. The lowest BCUT2D eigenvalue weighted by Crippen LogP contribution is -2.53. The van der Waals surface area contributed by atoms with Crippen LogP contribution in [0.15, 0.2) is 36.5 Å². The Labute approximate surface area is 322 Å². The van der Waals surface area contributed by atoms with Crippen molar-refractivity contribution in [2.24, 2.45) is 0 Å². The largest absolute Gasteiger partial charge is 0.394 e. The molecule has 5 N–H and O–H groups in total. The summed E-state index contributed by atoms with van der Waals surface area (Å²) in [4.78, 5) is 12.5. The molecule has 6 nitrogen and oxygen atoms in total. The average Bonchev–Trinajstić information content (AvgIpc) is 3.15. The Hall–Kier alpha value is -1.47. The molecule has 0 saturated heterocycles. The van der Waals surface area contributed by atoms with Gasteiger partial charge < -0.3 is 25.7 Å². The first-order valence-corrected chi connectivity index (χ1v) is 22.4. The summed E-state index contributed by atoms with van der Waals surface area (Å²) in [5, 5.41) is 43.6. The molecule has 4 atom stereocenters. The first kappa shape index (κ1) is 50.5. The molecule has 0 aromatic rings. The number of aliphatic hydroxyl groups excluding tert-OH is 4. The van der Waals surface area contributed by atoms with Gasteiger partial charge >= 0.3 is 0 Å². The van der Waals surface area contributed by atoms with Crippen LogP contribution in [0, 0.1) is 0 Å². The Bertz CT molecular complexity index is 828. The zero-order valence-corrected chi connectivity index (χ0v) is 34.3. The molecule has 0 rings (SSSR count). The number of carbonyl (C=O) groups excluding carboxylic acids is 1. The molecule has 0 aromatic carbocycles. The predicted molar refractivity (Wildman–Crippen MR) is 224 cm³/mol. The number of allylic oxidation sites excluding steroid dienone is 6. The van der Waals surface area contributed by atoms with Crippen molar-refractivity contribution in [3.05, 3.63) is 36.5 Å². The topological polar surface area (TPSA) is 110 Å². The van der Waals surface area contributed by atoms with Gasteiger partial charge in [-0.15, -0.1) is 0 Å². The number of hydrogen-bond acceptors (Lipinski definition) is 5. The Kier molecular flexibility index (Phi) is 39.6. The van der Waals surface area contributed by atoms with Crippen LogP contribution in [0.5, 0.6) is 0 Å². The van der Waals surface area contributed by atoms with Crippen LogP contribution in [0.2, 0.25) is 0 Å². The molecule has 0 aliphatic carbocycles. The fraction of sp³-hybridized carbons (Fsp3) is 0.848. The first-order valence-electron chi connectivity index (χ1n) is 22.4. The van der Waals surface area contributed by atoms with Crippen LogP contribution in [-0.2, 0) is 4.79 Å². The number of aliphatic hydroxyl groups is 4. The zero-order chi connectivity index (χ0) is 38.2. The second-order valence-corrected chi connectivity index (χ2v) is 15.4. The minimum Gasteiger partial charge on any atom is -0.394 e. The van der Waals surface area contributed by atoms with Gasteiger partial charge in [-0.05, 0) is 77.0 Å². The number of amides is 1. The van der Waals surface area contributed by atoms with Crippen LogP contribution in [0.25, 0.3) is 0 Å². The number of carbonyl (C=O) groups is 1. The second-order valence-electron chi connectivity index (χ2n) is 15.4. The number of hydrogen-bond donors (Lipinski definition) is 5. The first-order chi connectivity index (χ1) is 25.5. The van der Waals surface area contributed by atoms with E-state index in [-0.39, 0.29) is 0 Å². The van der Waals surface area contributed by atoms with Crippen molar-refractivity contribution in [1.29, 1.82) is 0 Å². The summed E-state index contributed by atoms with van der Waals surface area (Å²) in [6.45, 7) is 4.03. The molecule has 4 unspecified atom stereocenters. The minimum absolute atomic E-state index is 0.353. The molecule has 0 heterocycles. The highest BCUT2D eigenvalue weighted by molar-refractivity contribution is 5.80. The molecule has 0 bridgehead atoms. The van der Waals surface area contributed by atoms with Crippen LogP contribution in [0.1, 0.15) is 219 Å². The Morgan fingerprint density at radius 1 is 0.462 bits per heavy atom. The van der Waals surface area contributed by atoms with Gasteiger partial charge in [0.1, 0.15) is 12.2 Å². The van der Waals surface area contributed by atoms with Gasteiger partial charge in [0.25, 0.3) is 0 Å². The fourth-order valence-corrected chi connectivity index (χ4v) is 6.71. The van der Waals surface area contributed by atoms with E-state index in [9.17, 15) is 25.2 Å². The Balaban J connectivity index is 3.80. The fourth-order valence-electron chi connectivity index (χ4n) is 6.71. The maximum absolute atomic E-state index is 12.5. The highest BCUT2D eigenvalue weighted by atomic mass is 16.3. The van der Waals surface area contributed by atoms with Gasteiger partial charge in [0.15, 0.2) is 0 Å². The lowest BCUT2D eigenvalue weighted by Gasteiger charge is -2.27. The molecule has 0 saturated carbocycles. The number of nitrogens with one attached hydrogen (secondary N) is 1. The molecular weight excluding hydrogens is 647 g/mol. The van der Waals surface area contributed by atoms with Crippen LogP contribution in [0.3, 0.4) is 0 Å². The third kappa shape index (κ3) is 34.3. The van der Waals surface area contributed by atoms with E-state index in [4.69, 9.17) is 0 Å². The van der Waals surface area contributed by atoms with Crippen molar-refractivity contribution in [1.82, 2.24) is 5.32 Å². The van der Waals surface area contributed by atoms with Gasteiger partial charge in [-0.2, -0.15) is 0 Å². The summed E-state index contributed by atoms with van der Waals surface area (Å²) in [5.74, 6) is -0.603. The maximum Gasteiger partial charge on any atom is 0.249 e. The molecule has 0 aliphatic rings. The molecule has 1 amide bonds. The molecular formula is C46H87NO5. The zero-order valence-electron chi connectivity index (χ0n) is 34.3. The van der Waals surface area contributed by atoms with Gasteiger partial charge in [0.2, 0.25) is 5.91 Å².